The van der Waals surface area contributed by atoms with Gasteiger partial charge in [0.2, 0.25) is 0 Å². The van der Waals surface area contributed by atoms with E-state index in [-0.39, 0.29) is 37.8 Å². The van der Waals surface area contributed by atoms with Crippen LogP contribution < -0.4 is 11.2 Å². The average molecular weight is 435 g/mol. The highest BCUT2D eigenvalue weighted by molar-refractivity contribution is 7.90. The summed E-state index contributed by atoms with van der Waals surface area (Å²) in [6.45, 7) is 3.46. The van der Waals surface area contributed by atoms with Crippen LogP contribution in [0.1, 0.15) is 5.56 Å². The number of benzene rings is 2. The summed E-state index contributed by atoms with van der Waals surface area (Å²) >= 11 is 5.85. The maximum atomic E-state index is 13.0. The van der Waals surface area contributed by atoms with E-state index in [4.69, 9.17) is 16.3 Å². The molecule has 0 radical (unpaired) electrons. The number of aromatic nitrogens is 2. The van der Waals surface area contributed by atoms with E-state index in [1.165, 1.54) is 48.5 Å². The van der Waals surface area contributed by atoms with Crippen LogP contribution >= 0.6 is 11.6 Å². The van der Waals surface area contributed by atoms with E-state index in [9.17, 15) is 22.8 Å². The second kappa shape index (κ2) is 8.06. The standard InChI is InChI=1S/C19H15ClN2O6S/c1-2-8-28-17(23)10-12-4-3-5-14(9-12)29(26,27)22-18(24)15-7-6-13(20)11-16(15)21-19(22)25/h2-7,9,11H,1,8,10H2,(H,21,25). The lowest BCUT2D eigenvalue weighted by Gasteiger charge is -2.09. The number of H-pyrrole nitrogens is 1. The molecule has 0 unspecified atom stereocenters. The maximum Gasteiger partial charge on any atom is 0.343 e. The number of fused-ring (bicyclic) bond motifs is 1. The van der Waals surface area contributed by atoms with Crippen molar-refractivity contribution in [3.63, 3.8) is 0 Å². The predicted molar refractivity (Wildman–Crippen MR) is 108 cm³/mol. The molecule has 29 heavy (non-hydrogen) atoms. The Balaban J connectivity index is 2.08. The van der Waals surface area contributed by atoms with Gasteiger partial charge in [-0.2, -0.15) is 0 Å². The molecule has 0 saturated carbocycles. The molecule has 150 valence electrons. The number of rotatable bonds is 6. The third-order valence-electron chi connectivity index (χ3n) is 3.97. The van der Waals surface area contributed by atoms with Gasteiger partial charge in [-0.15, -0.1) is 3.97 Å². The molecule has 3 aromatic rings. The second-order valence-corrected chi connectivity index (χ2v) is 8.21. The van der Waals surface area contributed by atoms with Crippen molar-refractivity contribution in [3.05, 3.63) is 86.5 Å². The zero-order valence-corrected chi connectivity index (χ0v) is 16.5. The minimum absolute atomic E-state index is 0.0123. The lowest BCUT2D eigenvalue weighted by atomic mass is 10.1. The molecule has 0 aliphatic rings. The molecule has 2 aromatic carbocycles. The van der Waals surface area contributed by atoms with E-state index in [1.54, 1.807) is 0 Å². The number of esters is 1. The fourth-order valence-electron chi connectivity index (χ4n) is 2.68. The molecule has 3 rings (SSSR count). The van der Waals surface area contributed by atoms with Crippen LogP contribution in [0.5, 0.6) is 0 Å². The van der Waals surface area contributed by atoms with Gasteiger partial charge in [-0.25, -0.2) is 13.2 Å². The molecule has 0 fully saturated rings. The normalized spacial score (nSPS) is 11.3. The number of hydrogen-bond donors (Lipinski definition) is 1. The van der Waals surface area contributed by atoms with Crippen LogP contribution in [-0.2, 0) is 26.0 Å². The summed E-state index contributed by atoms with van der Waals surface area (Å²) in [5.74, 6) is -0.572. The molecule has 0 aliphatic heterocycles. The van der Waals surface area contributed by atoms with E-state index in [0.717, 1.165) is 0 Å². The molecule has 1 aromatic heterocycles. The van der Waals surface area contributed by atoms with Crippen LogP contribution in [0.15, 0.2) is 69.6 Å². The van der Waals surface area contributed by atoms with E-state index in [2.05, 4.69) is 11.6 Å². The quantitative estimate of drug-likeness (QED) is 0.467. The van der Waals surface area contributed by atoms with Crippen molar-refractivity contribution >= 4 is 38.5 Å². The Bertz CT molecular complexity index is 1340. The van der Waals surface area contributed by atoms with Gasteiger partial charge in [-0.1, -0.05) is 36.4 Å². The lowest BCUT2D eigenvalue weighted by Crippen LogP contribution is -2.40. The Labute approximate surface area is 170 Å². The van der Waals surface area contributed by atoms with Crippen LogP contribution in [0.2, 0.25) is 5.02 Å². The van der Waals surface area contributed by atoms with Crippen molar-refractivity contribution in [1.82, 2.24) is 8.96 Å². The minimum Gasteiger partial charge on any atom is -0.461 e. The van der Waals surface area contributed by atoms with E-state index in [1.807, 2.05) is 0 Å². The summed E-state index contributed by atoms with van der Waals surface area (Å²) in [7, 11) is -4.52. The first-order valence-electron chi connectivity index (χ1n) is 8.29. The average Bonchev–Trinajstić information content (AvgIpc) is 2.66. The van der Waals surface area contributed by atoms with Crippen molar-refractivity contribution in [2.75, 3.05) is 6.61 Å². The van der Waals surface area contributed by atoms with E-state index < -0.39 is 27.2 Å². The van der Waals surface area contributed by atoms with Crippen molar-refractivity contribution in [2.24, 2.45) is 0 Å². The van der Waals surface area contributed by atoms with Crippen LogP contribution in [0, 0.1) is 0 Å². The number of carbonyl (C=O) groups is 1. The number of halogens is 1. The SMILES string of the molecule is C=CCOC(=O)Cc1cccc(S(=O)(=O)n2c(=O)[nH]c3cc(Cl)ccc3c2=O)c1. The van der Waals surface area contributed by atoms with Gasteiger partial charge in [0.15, 0.2) is 0 Å². The van der Waals surface area contributed by atoms with Crippen LogP contribution in [0.25, 0.3) is 10.9 Å². The number of nitrogens with zero attached hydrogens (tertiary/aromatic N) is 1. The van der Waals surface area contributed by atoms with E-state index >= 15 is 0 Å². The first-order valence-corrected chi connectivity index (χ1v) is 10.1. The second-order valence-electron chi connectivity index (χ2n) is 5.99. The monoisotopic (exact) mass is 434 g/mol. The summed E-state index contributed by atoms with van der Waals surface area (Å²) in [5.41, 5.74) is -1.66. The molecule has 0 spiro atoms. The van der Waals surface area contributed by atoms with Crippen LogP contribution in [0.4, 0.5) is 0 Å². The molecule has 1 heterocycles. The molecular formula is C19H15ClN2O6S. The highest BCUT2D eigenvalue weighted by Crippen LogP contribution is 2.17. The Kier molecular flexibility index (Phi) is 5.71. The van der Waals surface area contributed by atoms with Crippen molar-refractivity contribution < 1.29 is 17.9 Å². The summed E-state index contributed by atoms with van der Waals surface area (Å²) in [5, 5.41) is 0.269. The Morgan fingerprint density at radius 2 is 1.97 bits per heavy atom. The number of ether oxygens (including phenoxy) is 1. The molecule has 0 bridgehead atoms. The molecule has 0 aliphatic carbocycles. The smallest absolute Gasteiger partial charge is 0.343 e. The van der Waals surface area contributed by atoms with E-state index in [0.29, 0.717) is 5.56 Å². The van der Waals surface area contributed by atoms with Crippen molar-refractivity contribution in [3.8, 4) is 0 Å². The molecule has 10 heteroatoms. The third-order valence-corrected chi connectivity index (χ3v) is 5.87. The van der Waals surface area contributed by atoms with Gasteiger partial charge in [-0.05, 0) is 35.9 Å². The molecule has 0 amide bonds. The molecule has 8 nitrogen and oxygen atoms in total. The molecule has 1 N–H and O–H groups in total. The van der Waals surface area contributed by atoms with Gasteiger partial charge in [0.05, 0.1) is 22.2 Å². The molecule has 0 saturated heterocycles. The highest BCUT2D eigenvalue weighted by Gasteiger charge is 2.23. The lowest BCUT2D eigenvalue weighted by molar-refractivity contribution is -0.141. The zero-order chi connectivity index (χ0) is 21.2. The van der Waals surface area contributed by atoms with Crippen molar-refractivity contribution in [2.45, 2.75) is 11.3 Å². The van der Waals surface area contributed by atoms with Gasteiger partial charge in [-0.3, -0.25) is 9.59 Å². The largest absolute Gasteiger partial charge is 0.461 e. The minimum atomic E-state index is -4.52. The van der Waals surface area contributed by atoms with Gasteiger partial charge >= 0.3 is 11.7 Å². The zero-order valence-electron chi connectivity index (χ0n) is 14.9. The summed E-state index contributed by atoms with van der Waals surface area (Å²) < 4.78 is 31.0. The highest BCUT2D eigenvalue weighted by atomic mass is 35.5. The third kappa shape index (κ3) is 4.15. The molecular weight excluding hydrogens is 420 g/mol. The van der Waals surface area contributed by atoms with Crippen LogP contribution in [-0.4, -0.2) is 30.0 Å². The first-order chi connectivity index (χ1) is 13.7. The fraction of sp³-hybridized carbons (Fsp3) is 0.105. The Morgan fingerprint density at radius 1 is 1.21 bits per heavy atom. The summed E-state index contributed by atoms with van der Waals surface area (Å²) in [6, 6.07) is 9.47. The van der Waals surface area contributed by atoms with Crippen LogP contribution in [0.3, 0.4) is 0 Å². The number of carbonyl (C=O) groups excluding carboxylic acids is 1. The maximum absolute atomic E-state index is 13.0. The van der Waals surface area contributed by atoms with Crippen molar-refractivity contribution in [1.29, 1.82) is 0 Å². The van der Waals surface area contributed by atoms with Gasteiger partial charge < -0.3 is 9.72 Å². The van der Waals surface area contributed by atoms with Gasteiger partial charge in [0.25, 0.3) is 15.6 Å². The number of hydrogen-bond acceptors (Lipinski definition) is 6. The van der Waals surface area contributed by atoms with Gasteiger partial charge in [0.1, 0.15) is 6.61 Å². The predicted octanol–water partition coefficient (Wildman–Crippen LogP) is 1.85. The van der Waals surface area contributed by atoms with Gasteiger partial charge in [0, 0.05) is 5.02 Å². The Hall–Kier alpha value is -3.17. The number of aromatic amines is 1. The molecule has 0 atom stereocenters. The number of nitrogens with one attached hydrogen (secondary N) is 1. The fourth-order valence-corrected chi connectivity index (χ4v) is 4.20. The summed E-state index contributed by atoms with van der Waals surface area (Å²) in [4.78, 5) is 38.8. The topological polar surface area (TPSA) is 115 Å². The first kappa shape index (κ1) is 20.6. The summed E-state index contributed by atoms with van der Waals surface area (Å²) in [6.07, 6.45) is 1.23. The Morgan fingerprint density at radius 3 is 2.69 bits per heavy atom.